The molecule has 0 aliphatic carbocycles. The molecule has 0 aromatic carbocycles. The third-order valence-corrected chi connectivity index (χ3v) is 4.90. The van der Waals surface area contributed by atoms with E-state index in [-0.39, 0.29) is 23.6 Å². The summed E-state index contributed by atoms with van der Waals surface area (Å²) < 4.78 is 0. The van der Waals surface area contributed by atoms with E-state index in [0.717, 1.165) is 18.5 Å². The van der Waals surface area contributed by atoms with Gasteiger partial charge in [-0.15, -0.1) is 0 Å². The number of carboxylic acids is 1. The first-order chi connectivity index (χ1) is 10.5. The van der Waals surface area contributed by atoms with Crippen LogP contribution in [-0.2, 0) is 9.59 Å². The lowest BCUT2D eigenvalue weighted by Crippen LogP contribution is -2.61. The van der Waals surface area contributed by atoms with Crippen molar-refractivity contribution in [3.63, 3.8) is 0 Å². The minimum atomic E-state index is -1.05. The minimum Gasteiger partial charge on any atom is -0.477 e. The van der Waals surface area contributed by atoms with Gasteiger partial charge in [-0.3, -0.25) is 9.80 Å². The van der Waals surface area contributed by atoms with Crippen molar-refractivity contribution in [2.24, 2.45) is 16.9 Å². The van der Waals surface area contributed by atoms with Crippen molar-refractivity contribution in [2.45, 2.75) is 38.8 Å². The maximum Gasteiger partial charge on any atom is 0.352 e. The fraction of sp³-hybridized carbons (Fsp3) is 0.667. The molecule has 2 N–H and O–H groups in total. The van der Waals surface area contributed by atoms with Crippen LogP contribution in [0, 0.1) is 11.8 Å². The average molecular weight is 307 g/mol. The van der Waals surface area contributed by atoms with E-state index in [1.807, 2.05) is 11.9 Å². The maximum atomic E-state index is 12.2. The molecule has 3 aliphatic heterocycles. The van der Waals surface area contributed by atoms with Crippen LogP contribution in [0.15, 0.2) is 16.4 Å². The second-order valence-corrected chi connectivity index (χ2v) is 6.20. The molecule has 1 amide bonds. The zero-order valence-corrected chi connectivity index (χ0v) is 12.8. The molecular weight excluding hydrogens is 286 g/mol. The van der Waals surface area contributed by atoms with Crippen molar-refractivity contribution in [3.05, 3.63) is 11.3 Å². The van der Waals surface area contributed by atoms with E-state index in [1.165, 1.54) is 4.90 Å². The Bertz CT molecular complexity index is 569. The van der Waals surface area contributed by atoms with Gasteiger partial charge in [0.25, 0.3) is 0 Å². The van der Waals surface area contributed by atoms with Gasteiger partial charge in [-0.25, -0.2) is 4.79 Å². The van der Waals surface area contributed by atoms with Gasteiger partial charge in [0.1, 0.15) is 5.70 Å². The van der Waals surface area contributed by atoms with Gasteiger partial charge in [-0.2, -0.15) is 5.10 Å². The van der Waals surface area contributed by atoms with Crippen molar-refractivity contribution in [1.29, 1.82) is 0 Å². The molecule has 2 saturated heterocycles. The summed E-state index contributed by atoms with van der Waals surface area (Å²) in [6, 6.07) is -0.197. The van der Waals surface area contributed by atoms with E-state index in [2.05, 4.69) is 5.10 Å². The minimum absolute atomic E-state index is 0.114. The predicted molar refractivity (Wildman–Crippen MR) is 78.9 cm³/mol. The second kappa shape index (κ2) is 5.39. The van der Waals surface area contributed by atoms with Crippen molar-refractivity contribution in [1.82, 2.24) is 9.91 Å². The molecule has 0 aromatic rings. The molecule has 2 fully saturated rings. The molecule has 3 aliphatic rings. The van der Waals surface area contributed by atoms with Gasteiger partial charge in [0, 0.05) is 25.2 Å². The number of hydrazone groups is 1. The van der Waals surface area contributed by atoms with Gasteiger partial charge in [0.05, 0.1) is 18.1 Å². The monoisotopic (exact) mass is 307 g/mol. The number of rotatable bonds is 4. The Morgan fingerprint density at radius 1 is 1.50 bits per heavy atom. The molecule has 120 valence electrons. The lowest BCUT2D eigenvalue weighted by atomic mass is 9.82. The summed E-state index contributed by atoms with van der Waals surface area (Å²) in [5, 5.41) is 25.4. The maximum absolute atomic E-state index is 12.2. The fourth-order valence-corrected chi connectivity index (χ4v) is 3.96. The highest BCUT2D eigenvalue weighted by molar-refractivity contribution is 5.99. The number of carboxylic acid groups (broad SMARTS) is 1. The van der Waals surface area contributed by atoms with Gasteiger partial charge in [-0.1, -0.05) is 0 Å². The summed E-state index contributed by atoms with van der Waals surface area (Å²) in [6.45, 7) is 4.92. The van der Waals surface area contributed by atoms with Crippen LogP contribution in [0.4, 0.5) is 0 Å². The lowest BCUT2D eigenvalue weighted by molar-refractivity contribution is -0.161. The van der Waals surface area contributed by atoms with E-state index in [4.69, 9.17) is 0 Å². The zero-order valence-electron chi connectivity index (χ0n) is 12.8. The topological polar surface area (TPSA) is 93.4 Å². The number of nitrogens with zero attached hydrogens (tertiary/aromatic N) is 3. The third kappa shape index (κ3) is 2.11. The molecule has 7 heteroatoms. The summed E-state index contributed by atoms with van der Waals surface area (Å²) in [5.74, 6) is -1.68. The van der Waals surface area contributed by atoms with Crippen molar-refractivity contribution >= 4 is 18.1 Å². The lowest BCUT2D eigenvalue weighted by Gasteiger charge is -2.44. The van der Waals surface area contributed by atoms with Crippen LogP contribution >= 0.6 is 0 Å². The number of β-lactam (4-membered cyclic amide) rings is 1. The van der Waals surface area contributed by atoms with Crippen LogP contribution < -0.4 is 0 Å². The van der Waals surface area contributed by atoms with E-state index in [9.17, 15) is 19.8 Å². The molecule has 3 rings (SSSR count). The highest BCUT2D eigenvalue weighted by Crippen LogP contribution is 2.47. The highest BCUT2D eigenvalue weighted by atomic mass is 16.4. The molecular formula is C15H21N3O4. The van der Waals surface area contributed by atoms with Gasteiger partial charge in [-0.05, 0) is 32.3 Å². The number of hydrogen-bond acceptors (Lipinski definition) is 5. The summed E-state index contributed by atoms with van der Waals surface area (Å²) in [6.07, 6.45) is 2.38. The Morgan fingerprint density at radius 3 is 2.82 bits per heavy atom. The third-order valence-electron chi connectivity index (χ3n) is 4.90. The molecule has 4 atom stereocenters. The first kappa shape index (κ1) is 15.0. The molecule has 0 saturated carbocycles. The Balaban J connectivity index is 1.85. The molecule has 0 radical (unpaired) electrons. The standard InChI is InChI=1S/C15H21N3O4/c1-3-16-17-5-4-9(7-17)10-6-11-12(8(2)19)14(20)18(11)13(10)15(21)22/h3,8-9,11-12,19H,4-7H2,1-2H3,(H,21,22)/b16-3+/t8-,9+,11-,12-/m1/s1. The number of carbonyl (C=O) groups is 2. The molecule has 0 aromatic heterocycles. The second-order valence-electron chi connectivity index (χ2n) is 6.20. The predicted octanol–water partition coefficient (Wildman–Crippen LogP) is 0.264. The SMILES string of the molecule is C/C=N/N1CC[C@H](C2=C(C(=O)O)N3C(=O)[C@H]([C@@H](C)O)[C@H]3C2)C1. The van der Waals surface area contributed by atoms with E-state index >= 15 is 0 Å². The Labute approximate surface area is 128 Å². The quantitative estimate of drug-likeness (QED) is 0.574. The zero-order chi connectivity index (χ0) is 16.0. The van der Waals surface area contributed by atoms with Gasteiger partial charge in [0.2, 0.25) is 5.91 Å². The van der Waals surface area contributed by atoms with E-state index in [1.54, 1.807) is 13.1 Å². The number of aliphatic hydroxyl groups is 1. The van der Waals surface area contributed by atoms with Crippen LogP contribution in [-0.4, -0.2) is 63.4 Å². The van der Waals surface area contributed by atoms with Crippen LogP contribution in [0.3, 0.4) is 0 Å². The normalized spacial score (nSPS) is 32.7. The largest absolute Gasteiger partial charge is 0.477 e. The van der Waals surface area contributed by atoms with Crippen molar-refractivity contribution in [2.75, 3.05) is 13.1 Å². The number of carbonyl (C=O) groups excluding carboxylic acids is 1. The van der Waals surface area contributed by atoms with Crippen LogP contribution in [0.2, 0.25) is 0 Å². The highest BCUT2D eigenvalue weighted by Gasteiger charge is 2.57. The summed E-state index contributed by atoms with van der Waals surface area (Å²) >= 11 is 0. The Hall–Kier alpha value is -1.89. The van der Waals surface area contributed by atoms with E-state index in [0.29, 0.717) is 13.0 Å². The Morgan fingerprint density at radius 2 is 2.23 bits per heavy atom. The first-order valence-electron chi connectivity index (χ1n) is 7.66. The van der Waals surface area contributed by atoms with E-state index < -0.39 is 18.0 Å². The van der Waals surface area contributed by atoms with Crippen LogP contribution in [0.5, 0.6) is 0 Å². The number of fused-ring (bicyclic) bond motifs is 1. The molecule has 0 bridgehead atoms. The van der Waals surface area contributed by atoms with Crippen molar-refractivity contribution < 1.29 is 19.8 Å². The fourth-order valence-electron chi connectivity index (χ4n) is 3.96. The van der Waals surface area contributed by atoms with Crippen LogP contribution in [0.25, 0.3) is 0 Å². The van der Waals surface area contributed by atoms with Gasteiger partial charge < -0.3 is 15.1 Å². The van der Waals surface area contributed by atoms with Gasteiger partial charge >= 0.3 is 5.97 Å². The Kier molecular flexibility index (Phi) is 3.68. The summed E-state index contributed by atoms with van der Waals surface area (Å²) in [4.78, 5) is 25.2. The molecule has 3 heterocycles. The molecule has 7 nitrogen and oxygen atoms in total. The first-order valence-corrected chi connectivity index (χ1v) is 7.66. The summed E-state index contributed by atoms with van der Waals surface area (Å²) in [5.41, 5.74) is 0.974. The molecule has 0 unspecified atom stereocenters. The van der Waals surface area contributed by atoms with Crippen LogP contribution in [0.1, 0.15) is 26.7 Å². The smallest absolute Gasteiger partial charge is 0.352 e. The molecule has 0 spiro atoms. The van der Waals surface area contributed by atoms with Crippen molar-refractivity contribution in [3.8, 4) is 0 Å². The number of aliphatic hydroxyl groups excluding tert-OH is 1. The number of aliphatic carboxylic acids is 1. The van der Waals surface area contributed by atoms with Gasteiger partial charge in [0.15, 0.2) is 0 Å². The number of hydrogen-bond donors (Lipinski definition) is 2. The number of amides is 1. The average Bonchev–Trinajstić information content (AvgIpc) is 3.00. The molecule has 22 heavy (non-hydrogen) atoms. The summed E-state index contributed by atoms with van der Waals surface area (Å²) in [7, 11) is 0.